The maximum atomic E-state index is 10.6. The lowest BCUT2D eigenvalue weighted by atomic mass is 10.0. The maximum absolute atomic E-state index is 10.6. The molecule has 1 aromatic heterocycles. The van der Waals surface area contributed by atoms with Crippen molar-refractivity contribution in [2.45, 2.75) is 38.2 Å². The Labute approximate surface area is 178 Å². The highest BCUT2D eigenvalue weighted by atomic mass is 19.4. The summed E-state index contributed by atoms with van der Waals surface area (Å²) in [6.07, 6.45) is -3.90. The number of pyridine rings is 1. The van der Waals surface area contributed by atoms with Crippen LogP contribution in [0.15, 0.2) is 30.6 Å². The van der Waals surface area contributed by atoms with Crippen molar-refractivity contribution in [3.8, 4) is 0 Å². The predicted molar refractivity (Wildman–Crippen MR) is 103 cm³/mol. The summed E-state index contributed by atoms with van der Waals surface area (Å²) >= 11 is 0. The number of aryl methyl sites for hydroxylation is 1. The third-order valence-electron chi connectivity index (χ3n) is 4.16. The number of nitrogens with zero attached hydrogens (tertiary/aromatic N) is 1. The van der Waals surface area contributed by atoms with E-state index >= 15 is 0 Å². The molecule has 1 fully saturated rings. The predicted octanol–water partition coefficient (Wildman–Crippen LogP) is 3.97. The van der Waals surface area contributed by atoms with E-state index in [-0.39, 0.29) is 0 Å². The number of halogens is 6. The van der Waals surface area contributed by atoms with E-state index in [0.29, 0.717) is 6.04 Å². The number of benzene rings is 1. The van der Waals surface area contributed by atoms with Crippen molar-refractivity contribution in [2.24, 2.45) is 0 Å². The molecule has 1 saturated heterocycles. The Hall–Kier alpha value is -3.09. The first-order chi connectivity index (χ1) is 14.7. The van der Waals surface area contributed by atoms with E-state index in [4.69, 9.17) is 19.8 Å². The molecule has 0 radical (unpaired) electrons. The molecule has 2 heterocycles. The molecular weight excluding hydrogens is 448 g/mol. The van der Waals surface area contributed by atoms with Crippen molar-refractivity contribution >= 4 is 28.4 Å². The summed E-state index contributed by atoms with van der Waals surface area (Å²) in [5.41, 5.74) is 2.49. The lowest BCUT2D eigenvalue weighted by Gasteiger charge is -2.25. The molecule has 2 aromatic rings. The van der Waals surface area contributed by atoms with Crippen molar-refractivity contribution in [3.63, 3.8) is 0 Å². The molecule has 0 atom stereocenters. The standard InChI is InChI=1S/C15H19N3.2C2HF3O2/c1-11-9-17-10-12-3-2-4-14(15(11)12)18-13-5-7-16-8-6-13;2*3-2(4,5)1(6)7/h2-4,9-10,13,16,18H,5-8H2,1H3;2*(H,6,7). The molecule has 0 bridgehead atoms. The number of aliphatic carboxylic acids is 2. The highest BCUT2D eigenvalue weighted by molar-refractivity contribution is 5.95. The second-order valence-corrected chi connectivity index (χ2v) is 6.63. The Balaban J connectivity index is 0.000000305. The van der Waals surface area contributed by atoms with Crippen LogP contribution in [0.5, 0.6) is 0 Å². The number of fused-ring (bicyclic) bond motifs is 1. The fourth-order valence-corrected chi connectivity index (χ4v) is 2.72. The van der Waals surface area contributed by atoms with Crippen LogP contribution < -0.4 is 10.6 Å². The first-order valence-corrected chi connectivity index (χ1v) is 9.14. The van der Waals surface area contributed by atoms with Crippen LogP contribution in [0.2, 0.25) is 0 Å². The Morgan fingerprint density at radius 2 is 1.50 bits per heavy atom. The minimum Gasteiger partial charge on any atom is -0.475 e. The van der Waals surface area contributed by atoms with E-state index in [2.05, 4.69) is 40.7 Å². The van der Waals surface area contributed by atoms with Crippen molar-refractivity contribution in [1.82, 2.24) is 10.3 Å². The highest BCUT2D eigenvalue weighted by Gasteiger charge is 2.38. The van der Waals surface area contributed by atoms with Crippen molar-refractivity contribution in [2.75, 3.05) is 18.4 Å². The molecule has 1 aliphatic rings. The number of rotatable bonds is 2. The minimum absolute atomic E-state index is 0.587. The highest BCUT2D eigenvalue weighted by Crippen LogP contribution is 2.27. The zero-order valence-corrected chi connectivity index (χ0v) is 16.7. The van der Waals surface area contributed by atoms with Crippen LogP contribution in [0.4, 0.5) is 32.0 Å². The zero-order chi connectivity index (χ0) is 24.5. The van der Waals surface area contributed by atoms with Gasteiger partial charge >= 0.3 is 24.3 Å². The molecule has 0 aliphatic carbocycles. The normalized spacial score (nSPS) is 14.5. The van der Waals surface area contributed by atoms with Gasteiger partial charge in [-0.1, -0.05) is 12.1 Å². The van der Waals surface area contributed by atoms with Gasteiger partial charge in [-0.2, -0.15) is 26.3 Å². The molecule has 0 saturated carbocycles. The topological polar surface area (TPSA) is 112 Å². The number of anilines is 1. The van der Waals surface area contributed by atoms with Gasteiger partial charge in [0.15, 0.2) is 0 Å². The molecule has 13 heteroatoms. The van der Waals surface area contributed by atoms with Crippen molar-refractivity contribution < 1.29 is 46.1 Å². The van der Waals surface area contributed by atoms with Gasteiger partial charge in [-0.25, -0.2) is 9.59 Å². The molecule has 1 aliphatic heterocycles. The van der Waals surface area contributed by atoms with Gasteiger partial charge in [-0.3, -0.25) is 4.98 Å². The number of nitrogens with one attached hydrogen (secondary N) is 2. The summed E-state index contributed by atoms with van der Waals surface area (Å²) in [5.74, 6) is -5.51. The second kappa shape index (κ2) is 11.5. The van der Waals surface area contributed by atoms with Crippen molar-refractivity contribution in [1.29, 1.82) is 0 Å². The van der Waals surface area contributed by atoms with E-state index in [0.717, 1.165) is 13.1 Å². The summed E-state index contributed by atoms with van der Waals surface area (Å²) in [6.45, 7) is 4.36. The van der Waals surface area contributed by atoms with Crippen LogP contribution in [0.3, 0.4) is 0 Å². The van der Waals surface area contributed by atoms with Gasteiger partial charge in [0.2, 0.25) is 0 Å². The molecule has 0 unspecified atom stereocenters. The van der Waals surface area contributed by atoms with Gasteiger partial charge < -0.3 is 20.8 Å². The number of carbonyl (C=O) groups is 2. The monoisotopic (exact) mass is 469 g/mol. The zero-order valence-electron chi connectivity index (χ0n) is 16.7. The maximum Gasteiger partial charge on any atom is 0.490 e. The lowest BCUT2D eigenvalue weighted by molar-refractivity contribution is -0.193. The van der Waals surface area contributed by atoms with Crippen LogP contribution in [0.25, 0.3) is 10.8 Å². The number of hydrogen-bond donors (Lipinski definition) is 4. The summed E-state index contributed by atoms with van der Waals surface area (Å²) < 4.78 is 63.5. The van der Waals surface area contributed by atoms with Gasteiger partial charge in [0, 0.05) is 34.9 Å². The molecule has 0 spiro atoms. The molecule has 178 valence electrons. The van der Waals surface area contributed by atoms with E-state index in [9.17, 15) is 26.3 Å². The number of piperidine rings is 1. The summed E-state index contributed by atoms with van der Waals surface area (Å²) in [6, 6.07) is 7.00. The van der Waals surface area contributed by atoms with Crippen LogP contribution in [0.1, 0.15) is 18.4 Å². The van der Waals surface area contributed by atoms with Crippen molar-refractivity contribution in [3.05, 3.63) is 36.2 Å². The molecule has 4 N–H and O–H groups in total. The average Bonchev–Trinajstić information content (AvgIpc) is 2.68. The first kappa shape index (κ1) is 26.9. The molecule has 0 amide bonds. The second-order valence-electron chi connectivity index (χ2n) is 6.63. The van der Waals surface area contributed by atoms with Gasteiger partial charge in [0.05, 0.1) is 0 Å². The molecule has 3 rings (SSSR count). The fraction of sp³-hybridized carbons (Fsp3) is 0.421. The quantitative estimate of drug-likeness (QED) is 0.493. The fourth-order valence-electron chi connectivity index (χ4n) is 2.72. The van der Waals surface area contributed by atoms with Crippen LogP contribution in [-0.4, -0.2) is 58.6 Å². The van der Waals surface area contributed by atoms with Crippen LogP contribution in [0, 0.1) is 6.92 Å². The van der Waals surface area contributed by atoms with E-state index < -0.39 is 24.3 Å². The lowest BCUT2D eigenvalue weighted by Crippen LogP contribution is -2.35. The van der Waals surface area contributed by atoms with Crippen LogP contribution >= 0.6 is 0 Å². The van der Waals surface area contributed by atoms with Gasteiger partial charge in [0.25, 0.3) is 0 Å². The number of carboxylic acid groups (broad SMARTS) is 2. The van der Waals surface area contributed by atoms with E-state index in [1.165, 1.54) is 34.9 Å². The van der Waals surface area contributed by atoms with E-state index in [1.54, 1.807) is 0 Å². The number of hydrogen-bond acceptors (Lipinski definition) is 5. The smallest absolute Gasteiger partial charge is 0.475 e. The average molecular weight is 469 g/mol. The molecule has 1 aromatic carbocycles. The number of carboxylic acids is 2. The summed E-state index contributed by atoms with van der Waals surface area (Å²) in [5, 5.41) is 23.9. The SMILES string of the molecule is Cc1cncc2cccc(NC3CCNCC3)c12.O=C(O)C(F)(F)F.O=C(O)C(F)(F)F. The van der Waals surface area contributed by atoms with Gasteiger partial charge in [-0.15, -0.1) is 0 Å². The first-order valence-electron chi connectivity index (χ1n) is 9.14. The Kier molecular flexibility index (Phi) is 9.69. The summed E-state index contributed by atoms with van der Waals surface area (Å²) in [7, 11) is 0. The van der Waals surface area contributed by atoms with Gasteiger partial charge in [-0.05, 0) is 44.5 Å². The van der Waals surface area contributed by atoms with E-state index in [1.807, 2.05) is 12.4 Å². The Morgan fingerprint density at radius 3 is 1.97 bits per heavy atom. The number of alkyl halides is 6. The largest absolute Gasteiger partial charge is 0.490 e. The Bertz CT molecular complexity index is 883. The van der Waals surface area contributed by atoms with Crippen LogP contribution in [-0.2, 0) is 9.59 Å². The third-order valence-corrected chi connectivity index (χ3v) is 4.16. The Morgan fingerprint density at radius 1 is 1.00 bits per heavy atom. The summed E-state index contributed by atoms with van der Waals surface area (Å²) in [4.78, 5) is 22.1. The molecular formula is C19H21F6N3O4. The number of aromatic nitrogens is 1. The van der Waals surface area contributed by atoms with Gasteiger partial charge in [0.1, 0.15) is 0 Å². The molecule has 32 heavy (non-hydrogen) atoms. The molecule has 7 nitrogen and oxygen atoms in total. The minimum atomic E-state index is -5.08. The third kappa shape index (κ3) is 8.96.